The molecule has 0 rings (SSSR count). The van der Waals surface area contributed by atoms with Crippen LogP contribution in [0.1, 0.15) is 329 Å². The van der Waals surface area contributed by atoms with E-state index in [-0.39, 0.29) is 31.1 Å². The van der Waals surface area contributed by atoms with Crippen molar-refractivity contribution in [2.24, 2.45) is 0 Å². The molecular formula is C67H120O6. The van der Waals surface area contributed by atoms with Gasteiger partial charge in [-0.15, -0.1) is 0 Å². The van der Waals surface area contributed by atoms with Gasteiger partial charge in [0.1, 0.15) is 13.2 Å². The lowest BCUT2D eigenvalue weighted by Crippen LogP contribution is -2.30. The van der Waals surface area contributed by atoms with E-state index in [0.29, 0.717) is 19.3 Å². The number of hydrogen-bond donors (Lipinski definition) is 0. The molecule has 0 aliphatic carbocycles. The molecule has 0 aliphatic heterocycles. The summed E-state index contributed by atoms with van der Waals surface area (Å²) in [6.07, 6.45) is 78.1. The van der Waals surface area contributed by atoms with Gasteiger partial charge in [0.25, 0.3) is 0 Å². The molecule has 0 saturated carbocycles. The number of carbonyl (C=O) groups is 3. The van der Waals surface area contributed by atoms with Gasteiger partial charge >= 0.3 is 17.9 Å². The van der Waals surface area contributed by atoms with Crippen LogP contribution in [0, 0.1) is 0 Å². The molecule has 0 saturated heterocycles. The van der Waals surface area contributed by atoms with E-state index in [1.54, 1.807) is 0 Å². The van der Waals surface area contributed by atoms with Gasteiger partial charge in [-0.25, -0.2) is 0 Å². The Kier molecular flexibility index (Phi) is 59.2. The number of carbonyl (C=O) groups excluding carboxylic acids is 3. The minimum Gasteiger partial charge on any atom is -0.462 e. The van der Waals surface area contributed by atoms with Gasteiger partial charge < -0.3 is 14.2 Å². The van der Waals surface area contributed by atoms with Gasteiger partial charge in [-0.2, -0.15) is 0 Å². The van der Waals surface area contributed by atoms with E-state index in [2.05, 4.69) is 81.5 Å². The number of hydrogen-bond acceptors (Lipinski definition) is 6. The predicted molar refractivity (Wildman–Crippen MR) is 316 cm³/mol. The second-order valence-corrected chi connectivity index (χ2v) is 21.3. The molecule has 0 N–H and O–H groups in total. The van der Waals surface area contributed by atoms with E-state index in [4.69, 9.17) is 14.2 Å². The van der Waals surface area contributed by atoms with Crippen LogP contribution in [0.25, 0.3) is 0 Å². The Balaban J connectivity index is 4.22. The topological polar surface area (TPSA) is 78.9 Å². The number of esters is 3. The first-order valence-electron chi connectivity index (χ1n) is 31.8. The highest BCUT2D eigenvalue weighted by molar-refractivity contribution is 5.71. The first-order valence-corrected chi connectivity index (χ1v) is 31.8. The summed E-state index contributed by atoms with van der Waals surface area (Å²) in [5, 5.41) is 0. The van der Waals surface area contributed by atoms with Crippen LogP contribution in [-0.2, 0) is 28.6 Å². The van der Waals surface area contributed by atoms with Crippen LogP contribution in [0.2, 0.25) is 0 Å². The summed E-state index contributed by atoms with van der Waals surface area (Å²) in [4.78, 5) is 38.2. The second kappa shape index (κ2) is 61.7. The summed E-state index contributed by atoms with van der Waals surface area (Å²) in [7, 11) is 0. The Morgan fingerprint density at radius 1 is 0.288 bits per heavy atom. The van der Waals surface area contributed by atoms with E-state index in [9.17, 15) is 14.4 Å². The van der Waals surface area contributed by atoms with Crippen LogP contribution < -0.4 is 0 Å². The molecule has 0 aromatic rings. The Bertz CT molecular complexity index is 1310. The number of ether oxygens (including phenoxy) is 3. The minimum atomic E-state index is -0.784. The summed E-state index contributed by atoms with van der Waals surface area (Å²) in [6, 6.07) is 0. The predicted octanol–water partition coefficient (Wildman–Crippen LogP) is 21.6. The van der Waals surface area contributed by atoms with Crippen molar-refractivity contribution < 1.29 is 28.6 Å². The molecule has 6 heteroatoms. The van der Waals surface area contributed by atoms with E-state index < -0.39 is 6.10 Å². The molecule has 0 aliphatic rings. The fourth-order valence-corrected chi connectivity index (χ4v) is 9.25. The highest BCUT2D eigenvalue weighted by Gasteiger charge is 2.19. The molecule has 0 aromatic heterocycles. The fraction of sp³-hybridized carbons (Fsp3) is 0.806. The summed E-state index contributed by atoms with van der Waals surface area (Å²) < 4.78 is 16.9. The van der Waals surface area contributed by atoms with Gasteiger partial charge in [-0.3, -0.25) is 14.4 Å². The third-order valence-electron chi connectivity index (χ3n) is 14.0. The van der Waals surface area contributed by atoms with Gasteiger partial charge in [-0.1, -0.05) is 287 Å². The number of allylic oxidation sites excluding steroid dienone is 10. The molecule has 1 unspecified atom stereocenters. The maximum Gasteiger partial charge on any atom is 0.306 e. The van der Waals surface area contributed by atoms with Crippen molar-refractivity contribution in [3.63, 3.8) is 0 Å². The number of rotatable bonds is 58. The van der Waals surface area contributed by atoms with Crippen LogP contribution in [-0.4, -0.2) is 37.2 Å². The maximum absolute atomic E-state index is 12.9. The molecule has 6 nitrogen and oxygen atoms in total. The van der Waals surface area contributed by atoms with Gasteiger partial charge in [0.05, 0.1) is 0 Å². The molecule has 0 radical (unpaired) electrons. The molecule has 0 aromatic carbocycles. The van der Waals surface area contributed by atoms with Crippen molar-refractivity contribution >= 4 is 17.9 Å². The molecule has 73 heavy (non-hydrogen) atoms. The maximum atomic E-state index is 12.9. The summed E-state index contributed by atoms with van der Waals surface area (Å²) in [5.41, 5.74) is 0. The van der Waals surface area contributed by atoms with Crippen molar-refractivity contribution in [2.75, 3.05) is 13.2 Å². The summed E-state index contributed by atoms with van der Waals surface area (Å²) in [6.45, 7) is 6.53. The molecule has 0 amide bonds. The normalized spacial score (nSPS) is 12.4. The molecule has 0 heterocycles. The largest absolute Gasteiger partial charge is 0.462 e. The van der Waals surface area contributed by atoms with Gasteiger partial charge in [0.2, 0.25) is 0 Å². The van der Waals surface area contributed by atoms with Crippen LogP contribution >= 0.6 is 0 Å². The first-order chi connectivity index (χ1) is 36.0. The summed E-state index contributed by atoms with van der Waals surface area (Å²) in [5.74, 6) is -0.894. The van der Waals surface area contributed by atoms with E-state index >= 15 is 0 Å². The van der Waals surface area contributed by atoms with E-state index in [1.807, 2.05) is 0 Å². The zero-order chi connectivity index (χ0) is 52.9. The SMILES string of the molecule is CC/C=C\C/C=C\C/C=C\CCCCCC(=O)OCC(COC(=O)CCCCCCCCCCCCCCCCC/C=C\C/C=C\CCCCCCC)OC(=O)CCCCCCCCCCCCCCCCC. The standard InChI is InChI=1S/C67H120O6/c1-4-7-10-13-16-19-22-25-27-28-29-30-31-32-33-34-35-36-37-38-40-42-45-48-51-54-57-60-66(69)72-63-64(62-71-65(68)59-56-53-50-47-44-41-24-21-18-15-12-9-6-3)73-67(70)61-58-55-52-49-46-43-39-26-23-20-17-14-11-8-5-2/h9,12,18,21-22,25,28-29,41,44,64H,4-8,10-11,13-17,19-20,23-24,26-27,30-40,42-43,45-63H2,1-3H3/b12-9-,21-18-,25-22-,29-28-,44-41-. The Morgan fingerprint density at radius 3 is 0.849 bits per heavy atom. The van der Waals surface area contributed by atoms with Crippen molar-refractivity contribution in [1.82, 2.24) is 0 Å². The molecular weight excluding hydrogens is 901 g/mol. The Hall–Kier alpha value is -2.89. The molecule has 0 bridgehead atoms. The lowest BCUT2D eigenvalue weighted by molar-refractivity contribution is -0.167. The molecule has 0 fully saturated rings. The van der Waals surface area contributed by atoms with Crippen molar-refractivity contribution in [3.05, 3.63) is 60.8 Å². The smallest absolute Gasteiger partial charge is 0.306 e. The van der Waals surface area contributed by atoms with Crippen LogP contribution in [0.3, 0.4) is 0 Å². The van der Waals surface area contributed by atoms with E-state index in [0.717, 1.165) is 89.9 Å². The highest BCUT2D eigenvalue weighted by atomic mass is 16.6. The summed E-state index contributed by atoms with van der Waals surface area (Å²) >= 11 is 0. The highest BCUT2D eigenvalue weighted by Crippen LogP contribution is 2.17. The third kappa shape index (κ3) is 59.9. The zero-order valence-electron chi connectivity index (χ0n) is 48.7. The van der Waals surface area contributed by atoms with Crippen molar-refractivity contribution in [2.45, 2.75) is 335 Å². The Labute approximate surface area is 453 Å². The zero-order valence-corrected chi connectivity index (χ0v) is 48.7. The van der Waals surface area contributed by atoms with Gasteiger partial charge in [-0.05, 0) is 83.5 Å². The van der Waals surface area contributed by atoms with Crippen LogP contribution in [0.15, 0.2) is 60.8 Å². The first kappa shape index (κ1) is 70.1. The minimum absolute atomic E-state index is 0.0800. The molecule has 0 spiro atoms. The monoisotopic (exact) mass is 1020 g/mol. The van der Waals surface area contributed by atoms with Gasteiger partial charge in [0, 0.05) is 19.3 Å². The molecule has 1 atom stereocenters. The average molecular weight is 1020 g/mol. The lowest BCUT2D eigenvalue weighted by atomic mass is 10.0. The van der Waals surface area contributed by atoms with E-state index in [1.165, 1.54) is 199 Å². The lowest BCUT2D eigenvalue weighted by Gasteiger charge is -2.18. The van der Waals surface area contributed by atoms with Gasteiger partial charge in [0.15, 0.2) is 6.10 Å². The van der Waals surface area contributed by atoms with Crippen molar-refractivity contribution in [1.29, 1.82) is 0 Å². The fourth-order valence-electron chi connectivity index (χ4n) is 9.25. The Morgan fingerprint density at radius 2 is 0.534 bits per heavy atom. The van der Waals surface area contributed by atoms with Crippen LogP contribution in [0.4, 0.5) is 0 Å². The third-order valence-corrected chi connectivity index (χ3v) is 14.0. The van der Waals surface area contributed by atoms with Crippen molar-refractivity contribution in [3.8, 4) is 0 Å². The van der Waals surface area contributed by atoms with Crippen LogP contribution in [0.5, 0.6) is 0 Å². The quantitative estimate of drug-likeness (QED) is 0.0261. The average Bonchev–Trinajstić information content (AvgIpc) is 3.39. The second-order valence-electron chi connectivity index (χ2n) is 21.3. The molecule has 424 valence electrons. The number of unbranched alkanes of at least 4 members (excludes halogenated alkanes) is 37.